The third-order valence-corrected chi connectivity index (χ3v) is 4.30. The Hall–Kier alpha value is -2.73. The fourth-order valence-corrected chi connectivity index (χ4v) is 2.89. The molecular weight excluding hydrogens is 354 g/mol. The number of urea groups is 1. The summed E-state index contributed by atoms with van der Waals surface area (Å²) in [6.07, 6.45) is 2.07. The van der Waals surface area contributed by atoms with Crippen LogP contribution in [0, 0.1) is 0 Å². The van der Waals surface area contributed by atoms with Crippen LogP contribution in [0.4, 0.5) is 16.2 Å². The normalized spacial score (nSPS) is 13.3. The molecular formula is C19H20ClN3O3. The minimum atomic E-state index is -0.312. The predicted octanol–water partition coefficient (Wildman–Crippen LogP) is 3.99. The molecule has 0 bridgehead atoms. The molecule has 0 saturated carbocycles. The number of ether oxygens (including phenoxy) is 1. The van der Waals surface area contributed by atoms with Gasteiger partial charge in [0.05, 0.1) is 5.02 Å². The second-order valence-electron chi connectivity index (χ2n) is 5.97. The molecule has 1 aliphatic heterocycles. The van der Waals surface area contributed by atoms with E-state index < -0.39 is 0 Å². The highest BCUT2D eigenvalue weighted by Crippen LogP contribution is 2.23. The van der Waals surface area contributed by atoms with Gasteiger partial charge in [0.25, 0.3) is 5.91 Å². The van der Waals surface area contributed by atoms with Gasteiger partial charge in [0.15, 0.2) is 6.61 Å². The molecule has 0 aromatic heterocycles. The molecule has 26 heavy (non-hydrogen) atoms. The quantitative estimate of drug-likeness (QED) is 0.832. The first-order valence-corrected chi connectivity index (χ1v) is 8.83. The monoisotopic (exact) mass is 373 g/mol. The average Bonchev–Trinajstić information content (AvgIpc) is 3.16. The van der Waals surface area contributed by atoms with E-state index in [1.165, 1.54) is 0 Å². The van der Waals surface area contributed by atoms with E-state index in [4.69, 9.17) is 16.3 Å². The summed E-state index contributed by atoms with van der Waals surface area (Å²) in [6, 6.07) is 13.9. The maximum atomic E-state index is 12.1. The SMILES string of the molecule is O=C(COc1ccccc1Cl)Nc1cccc(NC(=O)N2CCCC2)c1. The zero-order valence-corrected chi connectivity index (χ0v) is 15.0. The zero-order chi connectivity index (χ0) is 18.4. The van der Waals surface area contributed by atoms with Crippen LogP contribution < -0.4 is 15.4 Å². The number of carbonyl (C=O) groups excluding carboxylic acids is 2. The van der Waals surface area contributed by atoms with E-state index in [1.54, 1.807) is 53.4 Å². The van der Waals surface area contributed by atoms with Gasteiger partial charge >= 0.3 is 6.03 Å². The van der Waals surface area contributed by atoms with Crippen molar-refractivity contribution in [3.8, 4) is 5.75 Å². The van der Waals surface area contributed by atoms with Gasteiger partial charge in [-0.25, -0.2) is 4.79 Å². The number of para-hydroxylation sites is 1. The van der Waals surface area contributed by atoms with Gasteiger partial charge in [-0.15, -0.1) is 0 Å². The molecule has 1 saturated heterocycles. The molecule has 2 aromatic rings. The Labute approximate surface area is 157 Å². The van der Waals surface area contributed by atoms with Crippen molar-refractivity contribution in [3.63, 3.8) is 0 Å². The fraction of sp³-hybridized carbons (Fsp3) is 0.263. The Morgan fingerprint density at radius 1 is 1.00 bits per heavy atom. The van der Waals surface area contributed by atoms with Crippen molar-refractivity contribution in [1.29, 1.82) is 0 Å². The van der Waals surface area contributed by atoms with Crippen LogP contribution in [0.3, 0.4) is 0 Å². The Kier molecular flexibility index (Phi) is 5.96. The van der Waals surface area contributed by atoms with E-state index in [-0.39, 0.29) is 18.5 Å². The van der Waals surface area contributed by atoms with Crippen molar-refractivity contribution in [2.24, 2.45) is 0 Å². The number of rotatable bonds is 5. The smallest absolute Gasteiger partial charge is 0.321 e. The number of hydrogen-bond donors (Lipinski definition) is 2. The average molecular weight is 374 g/mol. The molecule has 0 unspecified atom stereocenters. The summed E-state index contributed by atoms with van der Waals surface area (Å²) in [6.45, 7) is 1.40. The molecule has 6 nitrogen and oxygen atoms in total. The van der Waals surface area contributed by atoms with E-state index in [0.29, 0.717) is 22.1 Å². The summed E-state index contributed by atoms with van der Waals surface area (Å²) in [7, 11) is 0. The highest BCUT2D eigenvalue weighted by molar-refractivity contribution is 6.32. The molecule has 136 valence electrons. The second-order valence-corrected chi connectivity index (χ2v) is 6.38. The maximum absolute atomic E-state index is 12.1. The standard InChI is InChI=1S/C19H20ClN3O3/c20-16-8-1-2-9-17(16)26-13-18(24)21-14-6-5-7-15(12-14)22-19(25)23-10-3-4-11-23/h1-2,5-9,12H,3-4,10-11,13H2,(H,21,24)(H,22,25). The molecule has 0 aliphatic carbocycles. The molecule has 2 N–H and O–H groups in total. The van der Waals surface area contributed by atoms with Crippen LogP contribution in [0.1, 0.15) is 12.8 Å². The lowest BCUT2D eigenvalue weighted by molar-refractivity contribution is -0.118. The molecule has 7 heteroatoms. The van der Waals surface area contributed by atoms with E-state index in [1.807, 2.05) is 0 Å². The largest absolute Gasteiger partial charge is 0.482 e. The summed E-state index contributed by atoms with van der Waals surface area (Å²) < 4.78 is 5.41. The highest BCUT2D eigenvalue weighted by Gasteiger charge is 2.17. The van der Waals surface area contributed by atoms with Crippen LogP contribution in [0.2, 0.25) is 5.02 Å². The van der Waals surface area contributed by atoms with Crippen molar-refractivity contribution in [2.75, 3.05) is 30.3 Å². The number of halogens is 1. The lowest BCUT2D eigenvalue weighted by Crippen LogP contribution is -2.32. The van der Waals surface area contributed by atoms with E-state index in [9.17, 15) is 9.59 Å². The number of nitrogens with zero attached hydrogens (tertiary/aromatic N) is 1. The topological polar surface area (TPSA) is 70.7 Å². The molecule has 2 aromatic carbocycles. The number of anilines is 2. The molecule has 1 aliphatic rings. The van der Waals surface area contributed by atoms with Crippen LogP contribution in [0.5, 0.6) is 5.75 Å². The molecule has 1 fully saturated rings. The molecule has 3 rings (SSSR count). The molecule has 3 amide bonds. The first kappa shape index (κ1) is 18.1. The third kappa shape index (κ3) is 4.89. The van der Waals surface area contributed by atoms with Gasteiger partial charge in [0, 0.05) is 24.5 Å². The van der Waals surface area contributed by atoms with Crippen molar-refractivity contribution in [1.82, 2.24) is 4.90 Å². The van der Waals surface area contributed by atoms with Crippen LogP contribution in [0.15, 0.2) is 48.5 Å². The first-order valence-electron chi connectivity index (χ1n) is 8.45. The van der Waals surface area contributed by atoms with Crippen molar-refractivity contribution < 1.29 is 14.3 Å². The van der Waals surface area contributed by atoms with E-state index >= 15 is 0 Å². The zero-order valence-electron chi connectivity index (χ0n) is 14.2. The minimum Gasteiger partial charge on any atom is -0.482 e. The lowest BCUT2D eigenvalue weighted by Gasteiger charge is -2.16. The maximum Gasteiger partial charge on any atom is 0.321 e. The van der Waals surface area contributed by atoms with Crippen molar-refractivity contribution in [3.05, 3.63) is 53.6 Å². The van der Waals surface area contributed by atoms with Gasteiger partial charge in [0.1, 0.15) is 5.75 Å². The third-order valence-electron chi connectivity index (χ3n) is 3.99. The van der Waals surface area contributed by atoms with Crippen LogP contribution in [0.25, 0.3) is 0 Å². The van der Waals surface area contributed by atoms with Gasteiger partial charge < -0.3 is 20.3 Å². The van der Waals surface area contributed by atoms with Gasteiger partial charge in [-0.05, 0) is 43.2 Å². The molecule has 0 atom stereocenters. The van der Waals surface area contributed by atoms with Crippen molar-refractivity contribution in [2.45, 2.75) is 12.8 Å². The van der Waals surface area contributed by atoms with Gasteiger partial charge in [-0.2, -0.15) is 0 Å². The number of amides is 3. The van der Waals surface area contributed by atoms with Gasteiger partial charge in [-0.3, -0.25) is 4.79 Å². The number of likely N-dealkylation sites (tertiary alicyclic amines) is 1. The summed E-state index contributed by atoms with van der Waals surface area (Å²) in [5.74, 6) is 0.142. The van der Waals surface area contributed by atoms with E-state index in [2.05, 4.69) is 10.6 Å². The summed E-state index contributed by atoms with van der Waals surface area (Å²) in [4.78, 5) is 26.0. The van der Waals surface area contributed by atoms with Crippen LogP contribution in [-0.2, 0) is 4.79 Å². The number of hydrogen-bond acceptors (Lipinski definition) is 3. The highest BCUT2D eigenvalue weighted by atomic mass is 35.5. The van der Waals surface area contributed by atoms with E-state index in [0.717, 1.165) is 25.9 Å². The van der Waals surface area contributed by atoms with Gasteiger partial charge in [0.2, 0.25) is 0 Å². The fourth-order valence-electron chi connectivity index (χ4n) is 2.70. The summed E-state index contributed by atoms with van der Waals surface area (Å²) >= 11 is 5.99. The second kappa shape index (κ2) is 8.58. The molecule has 0 spiro atoms. The molecule has 0 radical (unpaired) electrons. The van der Waals surface area contributed by atoms with Gasteiger partial charge in [-0.1, -0.05) is 29.8 Å². The number of benzene rings is 2. The number of carbonyl (C=O) groups is 2. The van der Waals surface area contributed by atoms with Crippen molar-refractivity contribution >= 4 is 34.9 Å². The predicted molar refractivity (Wildman–Crippen MR) is 102 cm³/mol. The Morgan fingerprint density at radius 3 is 2.42 bits per heavy atom. The summed E-state index contributed by atoms with van der Waals surface area (Å²) in [5, 5.41) is 6.04. The first-order chi connectivity index (χ1) is 12.6. The Morgan fingerprint density at radius 2 is 1.69 bits per heavy atom. The Balaban J connectivity index is 1.53. The van der Waals surface area contributed by atoms with Crippen LogP contribution >= 0.6 is 11.6 Å². The minimum absolute atomic E-state index is 0.118. The Bertz CT molecular complexity index is 791. The lowest BCUT2D eigenvalue weighted by atomic mass is 10.2. The summed E-state index contributed by atoms with van der Waals surface area (Å²) in [5.41, 5.74) is 1.21. The molecule has 1 heterocycles. The number of nitrogens with one attached hydrogen (secondary N) is 2. The van der Waals surface area contributed by atoms with Crippen LogP contribution in [-0.4, -0.2) is 36.5 Å².